The third-order valence-electron chi connectivity index (χ3n) is 6.33. The standard InChI is InChI=1S/C32H34N6O3/c1-21(41-31(40)32(2,3)4)38-20-28(23-10-7-9-22(13-23)16-33)27-15-25(18-35-30(27)38)24-14-26(19-34-17-24)36-29(39)11-8-12-37(5)6/h7-11,13-15,17-21H,12H2,1-6H3,(H,36,39). The van der Waals surface area contributed by atoms with Crippen LogP contribution in [0.4, 0.5) is 5.69 Å². The molecule has 210 valence electrons. The number of aromatic nitrogens is 3. The molecule has 0 saturated carbocycles. The third-order valence-corrected chi connectivity index (χ3v) is 6.33. The summed E-state index contributed by atoms with van der Waals surface area (Å²) in [4.78, 5) is 36.0. The fourth-order valence-electron chi connectivity index (χ4n) is 4.16. The van der Waals surface area contributed by atoms with E-state index in [1.807, 2.05) is 80.9 Å². The molecule has 0 radical (unpaired) electrons. The first-order valence-electron chi connectivity index (χ1n) is 13.3. The fourth-order valence-corrected chi connectivity index (χ4v) is 4.16. The molecule has 0 fully saturated rings. The summed E-state index contributed by atoms with van der Waals surface area (Å²) in [6, 6.07) is 13.4. The van der Waals surface area contributed by atoms with Crippen molar-refractivity contribution in [1.29, 1.82) is 5.26 Å². The summed E-state index contributed by atoms with van der Waals surface area (Å²) in [7, 11) is 3.86. The first-order valence-corrected chi connectivity index (χ1v) is 13.3. The van der Waals surface area contributed by atoms with Crippen molar-refractivity contribution >= 4 is 28.6 Å². The molecular formula is C32H34N6O3. The van der Waals surface area contributed by atoms with Gasteiger partial charge in [-0.05, 0) is 71.6 Å². The molecule has 0 bridgehead atoms. The summed E-state index contributed by atoms with van der Waals surface area (Å²) < 4.78 is 7.61. The highest BCUT2D eigenvalue weighted by molar-refractivity contribution is 6.00. The molecule has 0 aliphatic rings. The van der Waals surface area contributed by atoms with Crippen molar-refractivity contribution in [3.63, 3.8) is 0 Å². The van der Waals surface area contributed by atoms with Crippen LogP contribution in [0.2, 0.25) is 0 Å². The summed E-state index contributed by atoms with van der Waals surface area (Å²) in [5, 5.41) is 13.1. The van der Waals surface area contributed by atoms with Crippen molar-refractivity contribution in [1.82, 2.24) is 19.4 Å². The lowest BCUT2D eigenvalue weighted by atomic mass is 9.97. The quantitative estimate of drug-likeness (QED) is 0.218. The lowest BCUT2D eigenvalue weighted by molar-refractivity contribution is -0.162. The number of fused-ring (bicyclic) bond motifs is 1. The molecule has 0 aliphatic carbocycles. The van der Waals surface area contributed by atoms with Gasteiger partial charge in [-0.3, -0.25) is 19.1 Å². The first-order chi connectivity index (χ1) is 19.5. The Bertz CT molecular complexity index is 1660. The number of hydrogen-bond donors (Lipinski definition) is 1. The van der Waals surface area contributed by atoms with Gasteiger partial charge in [-0.15, -0.1) is 0 Å². The number of carbonyl (C=O) groups excluding carboxylic acids is 2. The minimum absolute atomic E-state index is 0.241. The number of pyridine rings is 2. The van der Waals surface area contributed by atoms with Gasteiger partial charge in [0.2, 0.25) is 5.91 Å². The van der Waals surface area contributed by atoms with E-state index in [0.29, 0.717) is 23.4 Å². The van der Waals surface area contributed by atoms with Crippen LogP contribution in [0.15, 0.2) is 73.3 Å². The normalized spacial score (nSPS) is 12.4. The van der Waals surface area contributed by atoms with E-state index < -0.39 is 11.6 Å². The van der Waals surface area contributed by atoms with Crippen LogP contribution >= 0.6 is 0 Å². The molecule has 1 atom stereocenters. The average Bonchev–Trinajstić information content (AvgIpc) is 3.31. The van der Waals surface area contributed by atoms with Gasteiger partial charge in [-0.2, -0.15) is 5.26 Å². The predicted molar refractivity (Wildman–Crippen MR) is 160 cm³/mol. The van der Waals surface area contributed by atoms with Gasteiger partial charge in [-0.25, -0.2) is 4.98 Å². The molecular weight excluding hydrogens is 516 g/mol. The van der Waals surface area contributed by atoms with Crippen molar-refractivity contribution in [2.24, 2.45) is 5.41 Å². The van der Waals surface area contributed by atoms with Crippen molar-refractivity contribution in [3.8, 4) is 28.3 Å². The van der Waals surface area contributed by atoms with Crippen LogP contribution in [-0.4, -0.2) is 52.0 Å². The Morgan fingerprint density at radius 2 is 1.88 bits per heavy atom. The highest BCUT2D eigenvalue weighted by Crippen LogP contribution is 2.35. The molecule has 0 spiro atoms. The Kier molecular flexibility index (Phi) is 8.65. The Morgan fingerprint density at radius 1 is 1.12 bits per heavy atom. The minimum atomic E-state index is -0.655. The zero-order valence-electron chi connectivity index (χ0n) is 24.2. The van der Waals surface area contributed by atoms with Crippen LogP contribution in [0.5, 0.6) is 0 Å². The lowest BCUT2D eigenvalue weighted by Crippen LogP contribution is -2.26. The van der Waals surface area contributed by atoms with Crippen molar-refractivity contribution < 1.29 is 14.3 Å². The highest BCUT2D eigenvalue weighted by atomic mass is 16.6. The number of esters is 1. The molecule has 1 amide bonds. The maximum absolute atomic E-state index is 12.6. The number of carbonyl (C=O) groups is 2. The first kappa shape index (κ1) is 29.2. The molecule has 41 heavy (non-hydrogen) atoms. The summed E-state index contributed by atoms with van der Waals surface area (Å²) in [6.07, 6.45) is 9.60. The Morgan fingerprint density at radius 3 is 2.59 bits per heavy atom. The smallest absolute Gasteiger partial charge is 0.313 e. The van der Waals surface area contributed by atoms with Gasteiger partial charge in [0.05, 0.1) is 28.9 Å². The van der Waals surface area contributed by atoms with Crippen LogP contribution in [0, 0.1) is 16.7 Å². The molecule has 1 aromatic carbocycles. The number of anilines is 1. The monoisotopic (exact) mass is 550 g/mol. The Hall–Kier alpha value is -4.81. The molecule has 9 heteroatoms. The molecule has 4 aromatic rings. The minimum Gasteiger partial charge on any atom is -0.441 e. The summed E-state index contributed by atoms with van der Waals surface area (Å²) in [6.45, 7) is 7.89. The zero-order valence-corrected chi connectivity index (χ0v) is 24.2. The Balaban J connectivity index is 1.75. The second kappa shape index (κ2) is 12.1. The van der Waals surface area contributed by atoms with Gasteiger partial charge < -0.3 is 15.0 Å². The van der Waals surface area contributed by atoms with Gasteiger partial charge in [0.25, 0.3) is 0 Å². The number of nitriles is 1. The molecule has 9 nitrogen and oxygen atoms in total. The van der Waals surface area contributed by atoms with E-state index in [2.05, 4.69) is 16.4 Å². The largest absolute Gasteiger partial charge is 0.441 e. The highest BCUT2D eigenvalue weighted by Gasteiger charge is 2.27. The second-order valence-corrected chi connectivity index (χ2v) is 11.1. The number of nitrogens with zero attached hydrogens (tertiary/aromatic N) is 5. The number of rotatable bonds is 8. The maximum Gasteiger partial charge on any atom is 0.313 e. The van der Waals surface area contributed by atoms with E-state index in [9.17, 15) is 14.9 Å². The van der Waals surface area contributed by atoms with Crippen molar-refractivity contribution in [2.45, 2.75) is 33.9 Å². The van der Waals surface area contributed by atoms with E-state index >= 15 is 0 Å². The van der Waals surface area contributed by atoms with E-state index in [0.717, 1.165) is 27.6 Å². The number of ether oxygens (including phenoxy) is 1. The van der Waals surface area contributed by atoms with E-state index in [1.54, 1.807) is 37.7 Å². The SMILES string of the molecule is CC(OC(=O)C(C)(C)C)n1cc(-c2cccc(C#N)c2)c2cc(-c3cncc(NC(=O)C=CCN(C)C)c3)cnc21. The Labute approximate surface area is 240 Å². The number of benzene rings is 1. The number of amides is 1. The fraction of sp³-hybridized carbons (Fsp3) is 0.281. The van der Waals surface area contributed by atoms with E-state index in [4.69, 9.17) is 9.72 Å². The third kappa shape index (κ3) is 7.04. The predicted octanol–water partition coefficient (Wildman–Crippen LogP) is 5.80. The number of likely N-dealkylation sites (N-methyl/N-ethyl adjacent to an activating group) is 1. The van der Waals surface area contributed by atoms with Gasteiger partial charge >= 0.3 is 5.97 Å². The molecule has 0 aliphatic heterocycles. The van der Waals surface area contributed by atoms with E-state index in [-0.39, 0.29) is 11.9 Å². The van der Waals surface area contributed by atoms with Crippen LogP contribution < -0.4 is 5.32 Å². The molecule has 1 N–H and O–H groups in total. The van der Waals surface area contributed by atoms with Crippen LogP contribution in [0.1, 0.15) is 39.5 Å². The molecule has 3 aromatic heterocycles. The summed E-state index contributed by atoms with van der Waals surface area (Å²) in [5.74, 6) is -0.562. The van der Waals surface area contributed by atoms with Gasteiger partial charge in [0, 0.05) is 53.3 Å². The number of hydrogen-bond acceptors (Lipinski definition) is 7. The van der Waals surface area contributed by atoms with Crippen molar-refractivity contribution in [3.05, 3.63) is 78.9 Å². The average molecular weight is 551 g/mol. The van der Waals surface area contributed by atoms with Crippen LogP contribution in [-0.2, 0) is 14.3 Å². The summed E-state index contributed by atoms with van der Waals surface area (Å²) >= 11 is 0. The van der Waals surface area contributed by atoms with Crippen LogP contribution in [0.3, 0.4) is 0 Å². The number of nitrogens with one attached hydrogen (secondary N) is 1. The van der Waals surface area contributed by atoms with Gasteiger partial charge in [0.15, 0.2) is 6.23 Å². The van der Waals surface area contributed by atoms with E-state index in [1.165, 1.54) is 6.08 Å². The van der Waals surface area contributed by atoms with Crippen LogP contribution in [0.25, 0.3) is 33.3 Å². The lowest BCUT2D eigenvalue weighted by Gasteiger charge is -2.22. The topological polar surface area (TPSA) is 113 Å². The van der Waals surface area contributed by atoms with Gasteiger partial charge in [0.1, 0.15) is 5.65 Å². The maximum atomic E-state index is 12.6. The molecule has 4 rings (SSSR count). The molecule has 0 saturated heterocycles. The molecule has 1 unspecified atom stereocenters. The van der Waals surface area contributed by atoms with Gasteiger partial charge in [-0.1, -0.05) is 18.2 Å². The zero-order chi connectivity index (χ0) is 29.7. The van der Waals surface area contributed by atoms with Crippen molar-refractivity contribution in [2.75, 3.05) is 26.0 Å². The molecule has 3 heterocycles. The second-order valence-electron chi connectivity index (χ2n) is 11.1. The summed E-state index contributed by atoms with van der Waals surface area (Å²) in [5.41, 5.74) is 4.31.